The fraction of sp³-hybridized carbons (Fsp3) is 0.435. The molecule has 6 nitrogen and oxygen atoms in total. The lowest BCUT2D eigenvalue weighted by Crippen LogP contribution is -2.34. The molecule has 0 unspecified atom stereocenters. The number of nitrogens with one attached hydrogen (secondary N) is 1. The second kappa shape index (κ2) is 10.4. The molecule has 8 heteroatoms. The lowest BCUT2D eigenvalue weighted by atomic mass is 10.0. The molecule has 0 saturated carbocycles. The van der Waals surface area contributed by atoms with Crippen molar-refractivity contribution in [2.75, 3.05) is 20.3 Å². The summed E-state index contributed by atoms with van der Waals surface area (Å²) in [5, 5.41) is 3.86. The van der Waals surface area contributed by atoms with Crippen LogP contribution in [0.5, 0.6) is 0 Å². The van der Waals surface area contributed by atoms with E-state index in [4.69, 9.17) is 9.72 Å². The number of fused-ring (bicyclic) bond motifs is 1. The Kier molecular flexibility index (Phi) is 7.91. The third-order valence-corrected chi connectivity index (χ3v) is 7.57. The Morgan fingerprint density at radius 1 is 1.26 bits per heavy atom. The second-order valence-electron chi connectivity index (χ2n) is 7.62. The first-order valence-electron chi connectivity index (χ1n) is 10.3. The predicted molar refractivity (Wildman–Crippen MR) is 128 cm³/mol. The molecule has 2 aromatic heterocycles. The van der Waals surface area contributed by atoms with E-state index in [9.17, 15) is 9.59 Å². The normalized spacial score (nSPS) is 13.3. The minimum atomic E-state index is -0.386. The van der Waals surface area contributed by atoms with Gasteiger partial charge >= 0.3 is 0 Å². The van der Waals surface area contributed by atoms with E-state index in [0.29, 0.717) is 30.2 Å². The van der Waals surface area contributed by atoms with Gasteiger partial charge in [-0.25, -0.2) is 4.98 Å². The van der Waals surface area contributed by atoms with Crippen LogP contribution in [0.25, 0.3) is 10.2 Å². The molecule has 0 aliphatic heterocycles. The minimum absolute atomic E-state index is 0.0704. The number of thioether (sulfide) groups is 1. The van der Waals surface area contributed by atoms with Gasteiger partial charge in [-0.2, -0.15) is 0 Å². The molecule has 0 aliphatic carbocycles. The number of hydrogen-bond acceptors (Lipinski definition) is 6. The van der Waals surface area contributed by atoms with Gasteiger partial charge in [0.25, 0.3) is 5.56 Å². The average molecular weight is 460 g/mol. The second-order valence-corrected chi connectivity index (χ2v) is 10.1. The molecule has 2 atom stereocenters. The number of carbonyl (C=O) groups is 1. The number of aryl methyl sites for hydroxylation is 2. The van der Waals surface area contributed by atoms with E-state index in [1.54, 1.807) is 11.7 Å². The van der Waals surface area contributed by atoms with Crippen LogP contribution in [0, 0.1) is 13.8 Å². The summed E-state index contributed by atoms with van der Waals surface area (Å²) in [7, 11) is 1.60. The van der Waals surface area contributed by atoms with Crippen molar-refractivity contribution in [1.82, 2.24) is 14.9 Å². The van der Waals surface area contributed by atoms with Gasteiger partial charge in [0, 0.05) is 18.5 Å². The van der Waals surface area contributed by atoms with Crippen LogP contribution < -0.4 is 10.9 Å². The summed E-state index contributed by atoms with van der Waals surface area (Å²) in [6.45, 7) is 9.24. The highest BCUT2D eigenvalue weighted by molar-refractivity contribution is 8.00. The smallest absolute Gasteiger partial charge is 0.263 e. The summed E-state index contributed by atoms with van der Waals surface area (Å²) in [6.07, 6.45) is 0. The first kappa shape index (κ1) is 23.5. The van der Waals surface area contributed by atoms with Crippen molar-refractivity contribution in [2.24, 2.45) is 0 Å². The number of carbonyl (C=O) groups excluding carboxylic acids is 1. The van der Waals surface area contributed by atoms with Crippen molar-refractivity contribution in [3.63, 3.8) is 0 Å². The Morgan fingerprint density at radius 2 is 1.97 bits per heavy atom. The zero-order chi connectivity index (χ0) is 22.5. The van der Waals surface area contributed by atoms with E-state index in [-0.39, 0.29) is 22.6 Å². The molecule has 0 aliphatic rings. The summed E-state index contributed by atoms with van der Waals surface area (Å²) >= 11 is 2.83. The molecule has 0 spiro atoms. The van der Waals surface area contributed by atoms with E-state index in [1.807, 2.05) is 39.0 Å². The Morgan fingerprint density at radius 3 is 2.65 bits per heavy atom. The van der Waals surface area contributed by atoms with Crippen LogP contribution in [0.3, 0.4) is 0 Å². The number of nitrogens with zero attached hydrogens (tertiary/aromatic N) is 2. The zero-order valence-electron chi connectivity index (χ0n) is 18.6. The van der Waals surface area contributed by atoms with E-state index in [1.165, 1.54) is 28.7 Å². The summed E-state index contributed by atoms with van der Waals surface area (Å²) < 4.78 is 6.82. The number of hydrogen-bond donors (Lipinski definition) is 1. The Bertz CT molecular complexity index is 1110. The monoisotopic (exact) mass is 459 g/mol. The Hall–Kier alpha value is -2.16. The highest BCUT2D eigenvalue weighted by atomic mass is 32.2. The van der Waals surface area contributed by atoms with Gasteiger partial charge in [0.2, 0.25) is 5.91 Å². The largest absolute Gasteiger partial charge is 0.383 e. The van der Waals surface area contributed by atoms with Crippen LogP contribution in [-0.4, -0.2) is 41.0 Å². The Balaban J connectivity index is 1.77. The quantitative estimate of drug-likeness (QED) is 0.385. The maximum absolute atomic E-state index is 13.2. The van der Waals surface area contributed by atoms with Crippen molar-refractivity contribution in [2.45, 2.75) is 50.6 Å². The zero-order valence-corrected chi connectivity index (χ0v) is 20.2. The molecule has 0 fully saturated rings. The van der Waals surface area contributed by atoms with Crippen molar-refractivity contribution in [3.05, 3.63) is 56.7 Å². The molecule has 0 radical (unpaired) electrons. The minimum Gasteiger partial charge on any atom is -0.383 e. The summed E-state index contributed by atoms with van der Waals surface area (Å²) in [4.78, 5) is 32.5. The number of aromatic nitrogens is 2. The van der Waals surface area contributed by atoms with E-state index >= 15 is 0 Å². The third kappa shape index (κ3) is 5.37. The molecule has 3 rings (SSSR count). The maximum atomic E-state index is 13.2. The van der Waals surface area contributed by atoms with Crippen molar-refractivity contribution in [3.8, 4) is 0 Å². The molecule has 2 heterocycles. The number of thiophene rings is 1. The van der Waals surface area contributed by atoms with Crippen LogP contribution in [-0.2, 0) is 16.1 Å². The standard InChI is InChI=1S/C23H29N3O3S2/c1-14(18-9-7-6-8-10-18)13-24-20(27)17(4)31-23-25-21-19(15(2)16(3)30-21)22(28)26(23)11-12-29-5/h6-10,14,17H,11-13H2,1-5H3,(H,24,27)/t14-,17-/m1/s1. The number of rotatable bonds is 9. The number of ether oxygens (including phenoxy) is 1. The molecule has 31 heavy (non-hydrogen) atoms. The van der Waals surface area contributed by atoms with Crippen molar-refractivity contribution >= 4 is 39.2 Å². The molecular weight excluding hydrogens is 430 g/mol. The number of amides is 1. The SMILES string of the molecule is COCCn1c(S[C@H](C)C(=O)NC[C@@H](C)c2ccccc2)nc2sc(C)c(C)c2c1=O. The Labute approximate surface area is 191 Å². The molecular formula is C23H29N3O3S2. The van der Waals surface area contributed by atoms with Crippen LogP contribution in [0.4, 0.5) is 0 Å². The molecule has 1 N–H and O–H groups in total. The maximum Gasteiger partial charge on any atom is 0.263 e. The molecule has 0 saturated heterocycles. The van der Waals surface area contributed by atoms with E-state index in [0.717, 1.165) is 15.3 Å². The highest BCUT2D eigenvalue weighted by Gasteiger charge is 2.22. The van der Waals surface area contributed by atoms with Crippen LogP contribution >= 0.6 is 23.1 Å². The van der Waals surface area contributed by atoms with Gasteiger partial charge in [-0.3, -0.25) is 14.2 Å². The van der Waals surface area contributed by atoms with Gasteiger partial charge in [0.1, 0.15) is 4.83 Å². The average Bonchev–Trinajstić information content (AvgIpc) is 3.05. The van der Waals surface area contributed by atoms with Gasteiger partial charge in [-0.05, 0) is 37.8 Å². The first-order valence-corrected chi connectivity index (χ1v) is 12.0. The molecule has 1 aromatic carbocycles. The summed E-state index contributed by atoms with van der Waals surface area (Å²) in [5.74, 6) is 0.146. The highest BCUT2D eigenvalue weighted by Crippen LogP contribution is 2.29. The number of methoxy groups -OCH3 is 1. The van der Waals surface area contributed by atoms with Gasteiger partial charge in [-0.1, -0.05) is 49.0 Å². The van der Waals surface area contributed by atoms with Gasteiger partial charge in [-0.15, -0.1) is 11.3 Å². The molecule has 3 aromatic rings. The van der Waals surface area contributed by atoms with E-state index in [2.05, 4.69) is 24.4 Å². The van der Waals surface area contributed by atoms with E-state index < -0.39 is 0 Å². The fourth-order valence-electron chi connectivity index (χ4n) is 3.29. The van der Waals surface area contributed by atoms with Crippen LogP contribution in [0.1, 0.15) is 35.8 Å². The fourth-order valence-corrected chi connectivity index (χ4v) is 5.32. The lowest BCUT2D eigenvalue weighted by Gasteiger charge is -2.17. The summed E-state index contributed by atoms with van der Waals surface area (Å²) in [5.41, 5.74) is 2.09. The molecule has 0 bridgehead atoms. The topological polar surface area (TPSA) is 73.2 Å². The third-order valence-electron chi connectivity index (χ3n) is 5.38. The molecule has 1 amide bonds. The summed E-state index contributed by atoms with van der Waals surface area (Å²) in [6, 6.07) is 10.1. The van der Waals surface area contributed by atoms with Crippen LogP contribution in [0.15, 0.2) is 40.3 Å². The van der Waals surface area contributed by atoms with Crippen LogP contribution in [0.2, 0.25) is 0 Å². The van der Waals surface area contributed by atoms with Crippen molar-refractivity contribution in [1.29, 1.82) is 0 Å². The van der Waals surface area contributed by atoms with Crippen molar-refractivity contribution < 1.29 is 9.53 Å². The first-order chi connectivity index (χ1) is 14.8. The van der Waals surface area contributed by atoms with Gasteiger partial charge in [0.05, 0.1) is 23.8 Å². The van der Waals surface area contributed by atoms with Gasteiger partial charge in [0.15, 0.2) is 5.16 Å². The molecule has 166 valence electrons. The van der Waals surface area contributed by atoms with Gasteiger partial charge < -0.3 is 10.1 Å². The lowest BCUT2D eigenvalue weighted by molar-refractivity contribution is -0.120. The number of benzene rings is 1. The predicted octanol–water partition coefficient (Wildman–Crippen LogP) is 4.12.